The number of benzene rings is 1. The smallest absolute Gasteiger partial charge is 0.262 e. The number of nitrogens with one attached hydrogen (secondary N) is 2. The Bertz CT molecular complexity index is 1080. The van der Waals surface area contributed by atoms with Crippen molar-refractivity contribution in [2.45, 2.75) is 19.8 Å². The molecular weight excluding hydrogens is 316 g/mol. The Morgan fingerprint density at radius 2 is 2.04 bits per heavy atom. The maximum Gasteiger partial charge on any atom is 0.262 e. The molecule has 0 saturated heterocycles. The van der Waals surface area contributed by atoms with E-state index in [9.17, 15) is 4.79 Å². The van der Waals surface area contributed by atoms with Gasteiger partial charge in [0.15, 0.2) is 6.29 Å². The molecule has 1 atom stereocenters. The van der Waals surface area contributed by atoms with E-state index in [4.69, 9.17) is 5.73 Å². The van der Waals surface area contributed by atoms with Crippen molar-refractivity contribution in [1.29, 1.82) is 0 Å². The molecule has 2 aromatic heterocycles. The van der Waals surface area contributed by atoms with Gasteiger partial charge in [-0.05, 0) is 24.6 Å². The molecule has 1 aromatic carbocycles. The molecule has 0 amide bonds. The molecule has 0 bridgehead atoms. The van der Waals surface area contributed by atoms with Crippen LogP contribution in [0.2, 0.25) is 0 Å². The Morgan fingerprint density at radius 1 is 1.24 bits per heavy atom. The third kappa shape index (κ3) is 2.74. The number of fused-ring (bicyclic) bond motifs is 1. The van der Waals surface area contributed by atoms with Crippen LogP contribution in [0.3, 0.4) is 0 Å². The normalized spacial score (nSPS) is 16.1. The van der Waals surface area contributed by atoms with E-state index in [-0.39, 0.29) is 5.56 Å². The van der Waals surface area contributed by atoms with Gasteiger partial charge in [-0.3, -0.25) is 20.2 Å². The summed E-state index contributed by atoms with van der Waals surface area (Å²) in [6.07, 6.45) is 1.13. The first kappa shape index (κ1) is 15.3. The van der Waals surface area contributed by atoms with Gasteiger partial charge in [0.2, 0.25) is 0 Å². The average Bonchev–Trinajstić information content (AvgIpc) is 3.13. The van der Waals surface area contributed by atoms with Crippen LogP contribution in [0.4, 0.5) is 0 Å². The van der Waals surface area contributed by atoms with Crippen LogP contribution in [0.5, 0.6) is 0 Å². The molecule has 1 aliphatic rings. The minimum Gasteiger partial charge on any atom is -0.355 e. The van der Waals surface area contributed by atoms with E-state index in [1.54, 1.807) is 16.8 Å². The van der Waals surface area contributed by atoms with Crippen LogP contribution in [-0.2, 0) is 6.54 Å². The number of nitrogens with two attached hydrogens (primary N) is 1. The van der Waals surface area contributed by atoms with E-state index in [0.29, 0.717) is 23.3 Å². The van der Waals surface area contributed by atoms with Gasteiger partial charge < -0.3 is 5.32 Å². The molecule has 3 heterocycles. The lowest BCUT2D eigenvalue weighted by molar-refractivity contribution is 0.579. The van der Waals surface area contributed by atoms with Gasteiger partial charge in [0.1, 0.15) is 5.49 Å². The molecule has 3 aromatic rings. The first-order valence-corrected chi connectivity index (χ1v) is 8.02. The summed E-state index contributed by atoms with van der Waals surface area (Å²) in [5, 5.41) is 10.9. The molecule has 7 heteroatoms. The highest BCUT2D eigenvalue weighted by molar-refractivity contribution is 5.58. The molecule has 126 valence electrons. The molecule has 1 aliphatic heterocycles. The topological polar surface area (TPSA) is 101 Å². The van der Waals surface area contributed by atoms with Crippen LogP contribution >= 0.6 is 0 Å². The minimum absolute atomic E-state index is 0.139. The van der Waals surface area contributed by atoms with Crippen molar-refractivity contribution < 1.29 is 0 Å². The van der Waals surface area contributed by atoms with Crippen molar-refractivity contribution in [3.05, 3.63) is 75.3 Å². The summed E-state index contributed by atoms with van der Waals surface area (Å²) in [6.45, 7) is 2.35. The SMILES string of the molecule is CC1=c2cc(-c3cc[nH]n3)c(=O)n(Cc3ccccc3)c2=NC(N)N1. The zero-order chi connectivity index (χ0) is 17.4. The summed E-state index contributed by atoms with van der Waals surface area (Å²) in [4.78, 5) is 17.6. The quantitative estimate of drug-likeness (QED) is 0.621. The van der Waals surface area contributed by atoms with Gasteiger partial charge in [0.25, 0.3) is 5.56 Å². The van der Waals surface area contributed by atoms with Gasteiger partial charge in [-0.15, -0.1) is 0 Å². The number of H-pyrrole nitrogens is 1. The Kier molecular flexibility index (Phi) is 3.70. The molecule has 0 radical (unpaired) electrons. The fraction of sp³-hybridized carbons (Fsp3) is 0.167. The summed E-state index contributed by atoms with van der Waals surface area (Å²) < 4.78 is 1.67. The maximum absolute atomic E-state index is 13.1. The second kappa shape index (κ2) is 6.03. The second-order valence-corrected chi connectivity index (χ2v) is 5.97. The van der Waals surface area contributed by atoms with Crippen molar-refractivity contribution in [3.63, 3.8) is 0 Å². The summed E-state index contributed by atoms with van der Waals surface area (Å²) in [6, 6.07) is 13.4. The van der Waals surface area contributed by atoms with Gasteiger partial charge in [0, 0.05) is 17.1 Å². The predicted octanol–water partition coefficient (Wildman–Crippen LogP) is -0.120. The summed E-state index contributed by atoms with van der Waals surface area (Å²) >= 11 is 0. The summed E-state index contributed by atoms with van der Waals surface area (Å²) in [5.41, 5.74) is 9.45. The van der Waals surface area contributed by atoms with Crippen LogP contribution in [0.25, 0.3) is 17.0 Å². The number of pyridine rings is 1. The largest absolute Gasteiger partial charge is 0.355 e. The lowest BCUT2D eigenvalue weighted by atomic mass is 10.1. The molecule has 0 fully saturated rings. The van der Waals surface area contributed by atoms with Crippen molar-refractivity contribution >= 4 is 5.70 Å². The molecule has 0 spiro atoms. The summed E-state index contributed by atoms with van der Waals surface area (Å²) in [7, 11) is 0. The molecule has 0 aliphatic carbocycles. The lowest BCUT2D eigenvalue weighted by Crippen LogP contribution is -2.53. The molecule has 25 heavy (non-hydrogen) atoms. The summed E-state index contributed by atoms with van der Waals surface area (Å²) in [5.74, 6) is 0. The Labute approximate surface area is 143 Å². The predicted molar refractivity (Wildman–Crippen MR) is 94.8 cm³/mol. The van der Waals surface area contributed by atoms with Crippen molar-refractivity contribution in [3.8, 4) is 11.3 Å². The van der Waals surface area contributed by atoms with Crippen molar-refractivity contribution in [1.82, 2.24) is 20.1 Å². The van der Waals surface area contributed by atoms with E-state index in [0.717, 1.165) is 16.5 Å². The maximum atomic E-state index is 13.1. The molecule has 4 rings (SSSR count). The third-order valence-electron chi connectivity index (χ3n) is 4.25. The van der Waals surface area contributed by atoms with Gasteiger partial charge in [-0.25, -0.2) is 4.99 Å². The fourth-order valence-electron chi connectivity index (χ4n) is 3.04. The number of hydrogen-bond donors (Lipinski definition) is 3. The standard InChI is InChI=1S/C18H18N6O/c1-11-13-9-14(15-7-8-20-23-15)17(25)24(16(13)22-18(19)21-11)10-12-5-3-2-4-6-12/h2-9,18,21H,10,19H2,1H3,(H,20,23). The van der Waals surface area contributed by atoms with Gasteiger partial charge in [-0.1, -0.05) is 30.3 Å². The van der Waals surface area contributed by atoms with E-state index in [2.05, 4.69) is 20.5 Å². The first-order valence-electron chi connectivity index (χ1n) is 8.02. The number of nitrogens with zero attached hydrogens (tertiary/aromatic N) is 3. The average molecular weight is 334 g/mol. The fourth-order valence-corrected chi connectivity index (χ4v) is 3.04. The van der Waals surface area contributed by atoms with Crippen molar-refractivity contribution in [2.24, 2.45) is 10.7 Å². The van der Waals surface area contributed by atoms with Gasteiger partial charge in [-0.2, -0.15) is 5.10 Å². The van der Waals surface area contributed by atoms with Gasteiger partial charge >= 0.3 is 0 Å². The molecule has 0 saturated carbocycles. The van der Waals surface area contributed by atoms with Crippen LogP contribution in [-0.4, -0.2) is 21.1 Å². The van der Waals surface area contributed by atoms with E-state index >= 15 is 0 Å². The number of aromatic amines is 1. The number of rotatable bonds is 3. The highest BCUT2D eigenvalue weighted by Gasteiger charge is 2.16. The van der Waals surface area contributed by atoms with Crippen LogP contribution in [0.15, 0.2) is 58.4 Å². The van der Waals surface area contributed by atoms with Crippen LogP contribution < -0.4 is 27.3 Å². The minimum atomic E-state index is -0.565. The first-order chi connectivity index (χ1) is 12.1. The highest BCUT2D eigenvalue weighted by Crippen LogP contribution is 2.09. The highest BCUT2D eigenvalue weighted by atomic mass is 16.1. The molecule has 7 nitrogen and oxygen atoms in total. The van der Waals surface area contributed by atoms with E-state index in [1.165, 1.54) is 0 Å². The number of hydrogen-bond acceptors (Lipinski definition) is 5. The zero-order valence-corrected chi connectivity index (χ0v) is 13.7. The Morgan fingerprint density at radius 3 is 2.76 bits per heavy atom. The van der Waals surface area contributed by atoms with Crippen LogP contribution in [0.1, 0.15) is 12.5 Å². The second-order valence-electron chi connectivity index (χ2n) is 5.97. The zero-order valence-electron chi connectivity index (χ0n) is 13.7. The van der Waals surface area contributed by atoms with Crippen LogP contribution in [0, 0.1) is 0 Å². The lowest BCUT2D eigenvalue weighted by Gasteiger charge is -2.19. The third-order valence-corrected chi connectivity index (χ3v) is 4.25. The van der Waals surface area contributed by atoms with Crippen molar-refractivity contribution in [2.75, 3.05) is 0 Å². The molecule has 1 unspecified atom stereocenters. The Hall–Kier alpha value is -3.19. The Balaban J connectivity index is 2.03. The molecule has 4 N–H and O–H groups in total. The van der Waals surface area contributed by atoms with E-state index in [1.807, 2.05) is 43.3 Å². The molecular formula is C18H18N6O. The van der Waals surface area contributed by atoms with Gasteiger partial charge in [0.05, 0.1) is 17.8 Å². The monoisotopic (exact) mass is 334 g/mol. The van der Waals surface area contributed by atoms with E-state index < -0.39 is 6.29 Å². The number of aromatic nitrogens is 3.